The molecule has 2 atom stereocenters. The first kappa shape index (κ1) is 14.9. The van der Waals surface area contributed by atoms with Crippen molar-refractivity contribution in [3.63, 3.8) is 0 Å². The zero-order valence-corrected chi connectivity index (χ0v) is 13.5. The molecule has 0 saturated carbocycles. The van der Waals surface area contributed by atoms with Gasteiger partial charge in [0, 0.05) is 36.9 Å². The van der Waals surface area contributed by atoms with Crippen LogP contribution in [0.4, 0.5) is 5.69 Å². The second-order valence-corrected chi connectivity index (χ2v) is 6.81. The molecule has 2 heterocycles. The highest BCUT2D eigenvalue weighted by atomic mass is 15.2. The van der Waals surface area contributed by atoms with Crippen LogP contribution in [-0.4, -0.2) is 49.7 Å². The van der Waals surface area contributed by atoms with E-state index < -0.39 is 0 Å². The van der Waals surface area contributed by atoms with Crippen molar-refractivity contribution in [3.05, 3.63) is 30.3 Å². The van der Waals surface area contributed by atoms with Crippen LogP contribution in [0.2, 0.25) is 0 Å². The maximum atomic E-state index is 3.93. The number of anilines is 1. The molecule has 1 aromatic carbocycles. The monoisotopic (exact) mass is 287 g/mol. The van der Waals surface area contributed by atoms with Gasteiger partial charge in [-0.15, -0.1) is 0 Å². The van der Waals surface area contributed by atoms with Crippen molar-refractivity contribution in [2.75, 3.05) is 31.6 Å². The van der Waals surface area contributed by atoms with E-state index in [0.29, 0.717) is 6.04 Å². The first-order valence-electron chi connectivity index (χ1n) is 8.48. The van der Waals surface area contributed by atoms with Gasteiger partial charge in [-0.05, 0) is 58.3 Å². The van der Waals surface area contributed by atoms with Gasteiger partial charge in [-0.1, -0.05) is 18.2 Å². The molecule has 2 aliphatic rings. The highest BCUT2D eigenvalue weighted by Crippen LogP contribution is 2.22. The highest BCUT2D eigenvalue weighted by molar-refractivity contribution is 5.46. The van der Waals surface area contributed by atoms with Crippen molar-refractivity contribution in [1.29, 1.82) is 0 Å². The molecule has 0 aromatic heterocycles. The third-order valence-electron chi connectivity index (χ3n) is 5.30. The maximum absolute atomic E-state index is 3.93. The Morgan fingerprint density at radius 3 is 2.29 bits per heavy atom. The molecule has 2 unspecified atom stereocenters. The van der Waals surface area contributed by atoms with Crippen LogP contribution in [0.15, 0.2) is 30.3 Å². The third kappa shape index (κ3) is 3.78. The zero-order chi connectivity index (χ0) is 14.7. The van der Waals surface area contributed by atoms with Gasteiger partial charge < -0.3 is 15.1 Å². The van der Waals surface area contributed by atoms with Crippen molar-refractivity contribution >= 4 is 5.69 Å². The Hall–Kier alpha value is -1.06. The fourth-order valence-corrected chi connectivity index (χ4v) is 3.72. The molecule has 1 N–H and O–H groups in total. The summed E-state index contributed by atoms with van der Waals surface area (Å²) in [6.45, 7) is 5.96. The van der Waals surface area contributed by atoms with Crippen molar-refractivity contribution in [2.24, 2.45) is 0 Å². The Morgan fingerprint density at radius 2 is 1.62 bits per heavy atom. The molecule has 3 heteroatoms. The molecule has 3 rings (SSSR count). The zero-order valence-electron chi connectivity index (χ0n) is 13.5. The van der Waals surface area contributed by atoms with Crippen LogP contribution in [0.1, 0.15) is 32.6 Å². The Morgan fingerprint density at radius 1 is 0.952 bits per heavy atom. The van der Waals surface area contributed by atoms with Crippen LogP contribution < -0.4 is 10.2 Å². The highest BCUT2D eigenvalue weighted by Gasteiger charge is 2.26. The Bertz CT molecular complexity index is 425. The summed E-state index contributed by atoms with van der Waals surface area (Å²) in [5.74, 6) is 0. The number of piperidine rings is 2. The van der Waals surface area contributed by atoms with E-state index in [2.05, 4.69) is 59.4 Å². The third-order valence-corrected chi connectivity index (χ3v) is 5.30. The van der Waals surface area contributed by atoms with Gasteiger partial charge in [-0.3, -0.25) is 0 Å². The van der Waals surface area contributed by atoms with Gasteiger partial charge in [-0.2, -0.15) is 0 Å². The number of nitrogens with zero attached hydrogens (tertiary/aromatic N) is 2. The van der Waals surface area contributed by atoms with Crippen LogP contribution in [0.5, 0.6) is 0 Å². The summed E-state index contributed by atoms with van der Waals surface area (Å²) in [6.07, 6.45) is 5.15. The molecule has 0 bridgehead atoms. The topological polar surface area (TPSA) is 18.5 Å². The first-order valence-corrected chi connectivity index (χ1v) is 8.48. The average molecular weight is 287 g/mol. The van der Waals surface area contributed by atoms with Gasteiger partial charge in [0.1, 0.15) is 0 Å². The van der Waals surface area contributed by atoms with E-state index in [-0.39, 0.29) is 0 Å². The second-order valence-electron chi connectivity index (χ2n) is 6.81. The summed E-state index contributed by atoms with van der Waals surface area (Å²) in [4.78, 5) is 5.01. The van der Waals surface area contributed by atoms with Gasteiger partial charge in [0.05, 0.1) is 0 Å². The predicted octanol–water partition coefficient (Wildman–Crippen LogP) is 2.73. The predicted molar refractivity (Wildman–Crippen MR) is 89.9 cm³/mol. The molecular formula is C18H29N3. The SMILES string of the molecule is CC1CC(NC2CCN(c3ccccc3)CC2)CCN1C. The van der Waals surface area contributed by atoms with E-state index in [4.69, 9.17) is 0 Å². The van der Waals surface area contributed by atoms with Crippen molar-refractivity contribution in [3.8, 4) is 0 Å². The van der Waals surface area contributed by atoms with Gasteiger partial charge in [0.2, 0.25) is 0 Å². The van der Waals surface area contributed by atoms with Crippen LogP contribution in [-0.2, 0) is 0 Å². The van der Waals surface area contributed by atoms with Crippen LogP contribution in [0, 0.1) is 0 Å². The quantitative estimate of drug-likeness (QED) is 0.922. The number of hydrogen-bond acceptors (Lipinski definition) is 3. The fraction of sp³-hybridized carbons (Fsp3) is 0.667. The molecule has 2 saturated heterocycles. The second kappa shape index (κ2) is 6.80. The lowest BCUT2D eigenvalue weighted by Gasteiger charge is -2.40. The molecule has 0 amide bonds. The van der Waals surface area contributed by atoms with E-state index in [9.17, 15) is 0 Å². The van der Waals surface area contributed by atoms with Gasteiger partial charge in [0.15, 0.2) is 0 Å². The molecule has 2 aliphatic heterocycles. The van der Waals surface area contributed by atoms with Crippen LogP contribution in [0.3, 0.4) is 0 Å². The minimum Gasteiger partial charge on any atom is -0.371 e. The lowest BCUT2D eigenvalue weighted by Crippen LogP contribution is -2.51. The summed E-state index contributed by atoms with van der Waals surface area (Å²) < 4.78 is 0. The maximum Gasteiger partial charge on any atom is 0.0366 e. The summed E-state index contributed by atoms with van der Waals surface area (Å²) in [6, 6.07) is 13.0. The number of benzene rings is 1. The average Bonchev–Trinajstić information content (AvgIpc) is 2.53. The minimum absolute atomic E-state index is 0.713. The lowest BCUT2D eigenvalue weighted by atomic mass is 9.96. The fourth-order valence-electron chi connectivity index (χ4n) is 3.72. The van der Waals surface area contributed by atoms with E-state index >= 15 is 0 Å². The summed E-state index contributed by atoms with van der Waals surface area (Å²) >= 11 is 0. The van der Waals surface area contributed by atoms with E-state index in [1.54, 1.807) is 0 Å². The molecular weight excluding hydrogens is 258 g/mol. The van der Waals surface area contributed by atoms with Crippen molar-refractivity contribution in [2.45, 2.75) is 50.7 Å². The Labute approximate surface area is 129 Å². The normalized spacial score (nSPS) is 28.8. The number of rotatable bonds is 3. The van der Waals surface area contributed by atoms with Gasteiger partial charge >= 0.3 is 0 Å². The molecule has 0 aliphatic carbocycles. The van der Waals surface area contributed by atoms with E-state index in [1.165, 1.54) is 51.0 Å². The number of nitrogens with one attached hydrogen (secondary N) is 1. The van der Waals surface area contributed by atoms with Crippen LogP contribution in [0.25, 0.3) is 0 Å². The molecule has 0 spiro atoms. The lowest BCUT2D eigenvalue weighted by molar-refractivity contribution is 0.159. The Balaban J connectivity index is 1.46. The molecule has 21 heavy (non-hydrogen) atoms. The molecule has 116 valence electrons. The molecule has 0 radical (unpaired) electrons. The van der Waals surface area contributed by atoms with Crippen LogP contribution >= 0.6 is 0 Å². The van der Waals surface area contributed by atoms with E-state index in [1.807, 2.05) is 0 Å². The number of hydrogen-bond donors (Lipinski definition) is 1. The van der Waals surface area contributed by atoms with Gasteiger partial charge in [0.25, 0.3) is 0 Å². The first-order chi connectivity index (χ1) is 10.2. The molecule has 3 nitrogen and oxygen atoms in total. The Kier molecular flexibility index (Phi) is 4.81. The molecule has 2 fully saturated rings. The van der Waals surface area contributed by atoms with Crippen molar-refractivity contribution in [1.82, 2.24) is 10.2 Å². The summed E-state index contributed by atoms with van der Waals surface area (Å²) in [5, 5.41) is 3.93. The number of para-hydroxylation sites is 1. The summed E-state index contributed by atoms with van der Waals surface area (Å²) in [5.41, 5.74) is 1.38. The minimum atomic E-state index is 0.713. The van der Waals surface area contributed by atoms with Crippen molar-refractivity contribution < 1.29 is 0 Å². The van der Waals surface area contributed by atoms with E-state index in [0.717, 1.165) is 12.1 Å². The largest absolute Gasteiger partial charge is 0.371 e. The smallest absolute Gasteiger partial charge is 0.0366 e. The summed E-state index contributed by atoms with van der Waals surface area (Å²) in [7, 11) is 2.25. The molecule has 1 aromatic rings. The van der Waals surface area contributed by atoms with Gasteiger partial charge in [-0.25, -0.2) is 0 Å². The number of likely N-dealkylation sites (tertiary alicyclic amines) is 1. The standard InChI is InChI=1S/C18H29N3/c1-15-14-17(8-11-20(15)2)19-16-9-12-21(13-10-16)18-6-4-3-5-7-18/h3-7,15-17,19H,8-14H2,1-2H3.